The quantitative estimate of drug-likeness (QED) is 0.0362. The minimum Gasteiger partial charge on any atom is -0.393 e. The molecule has 8 atom stereocenters. The number of unbranched alkanes of at least 4 members (excludes halogenated alkanes) is 11. The molecule has 0 aliphatic heterocycles. The van der Waals surface area contributed by atoms with E-state index in [0.29, 0.717) is 12.8 Å². The van der Waals surface area contributed by atoms with Crippen LogP contribution in [0.15, 0.2) is 24.3 Å². The first-order valence-electron chi connectivity index (χ1n) is 17.4. The van der Waals surface area contributed by atoms with Crippen molar-refractivity contribution in [2.24, 2.45) is 0 Å². The molecule has 14 heteroatoms. The number of allylic oxidation sites excluding steroid dienone is 3. The average Bonchev–Trinajstić information content (AvgIpc) is 3.03. The molecule has 0 saturated heterocycles. The summed E-state index contributed by atoms with van der Waals surface area (Å²) in [6.45, 7) is 3.52. The zero-order chi connectivity index (χ0) is 35.2. The fourth-order valence-electron chi connectivity index (χ4n) is 5.32. The van der Waals surface area contributed by atoms with Crippen molar-refractivity contribution in [2.75, 3.05) is 6.61 Å². The van der Waals surface area contributed by atoms with Crippen LogP contribution in [-0.2, 0) is 18.4 Å². The molecule has 0 aromatic rings. The van der Waals surface area contributed by atoms with Crippen LogP contribution in [0.1, 0.15) is 117 Å². The van der Waals surface area contributed by atoms with Crippen molar-refractivity contribution in [2.45, 2.75) is 171 Å². The van der Waals surface area contributed by atoms with Gasteiger partial charge in [0.05, 0.1) is 31.3 Å². The van der Waals surface area contributed by atoms with Gasteiger partial charge < -0.3 is 46.0 Å². The molecule has 1 aliphatic carbocycles. The Morgan fingerprint density at radius 1 is 0.745 bits per heavy atom. The molecule has 0 heterocycles. The van der Waals surface area contributed by atoms with Gasteiger partial charge >= 0.3 is 7.82 Å². The van der Waals surface area contributed by atoms with Crippen molar-refractivity contribution in [1.82, 2.24) is 5.32 Å². The third-order valence-corrected chi connectivity index (χ3v) is 9.26. The Bertz CT molecular complexity index is 921. The zero-order valence-electron chi connectivity index (χ0n) is 28.2. The number of phosphoric acid groups is 1. The second-order valence-corrected chi connectivity index (χ2v) is 14.0. The fourth-order valence-corrected chi connectivity index (χ4v) is 6.29. The van der Waals surface area contributed by atoms with Crippen molar-refractivity contribution in [3.8, 4) is 0 Å². The maximum Gasteiger partial charge on any atom is 0.472 e. The first-order valence-corrected chi connectivity index (χ1v) is 18.9. The van der Waals surface area contributed by atoms with Gasteiger partial charge in [-0.15, -0.1) is 0 Å². The lowest BCUT2D eigenvalue weighted by molar-refractivity contribution is -0.220. The van der Waals surface area contributed by atoms with Gasteiger partial charge in [0.1, 0.15) is 36.6 Å². The summed E-state index contributed by atoms with van der Waals surface area (Å²) in [4.78, 5) is 23.1. The zero-order valence-corrected chi connectivity index (χ0v) is 29.1. The van der Waals surface area contributed by atoms with E-state index >= 15 is 0 Å². The number of aliphatic hydroxyl groups excluding tert-OH is 7. The summed E-state index contributed by atoms with van der Waals surface area (Å²) in [6, 6.07) is -1.25. The van der Waals surface area contributed by atoms with Crippen molar-refractivity contribution >= 4 is 13.7 Å². The fraction of sp³-hybridized carbons (Fsp3) is 0.848. The molecule has 0 aromatic heterocycles. The van der Waals surface area contributed by atoms with Gasteiger partial charge in [0.2, 0.25) is 5.91 Å². The molecule has 8 unspecified atom stereocenters. The number of aliphatic hydroxyl groups is 7. The summed E-state index contributed by atoms with van der Waals surface area (Å²) in [5.74, 6) is -0.611. The minimum absolute atomic E-state index is 0.252. The number of amides is 1. The molecule has 0 aromatic carbocycles. The van der Waals surface area contributed by atoms with Crippen molar-refractivity contribution < 1.29 is 59.0 Å². The highest BCUT2D eigenvalue weighted by Gasteiger charge is 2.51. The van der Waals surface area contributed by atoms with Gasteiger partial charge in [0, 0.05) is 0 Å². The number of carbonyl (C=O) groups is 1. The van der Waals surface area contributed by atoms with Crippen LogP contribution in [0, 0.1) is 0 Å². The lowest BCUT2D eigenvalue weighted by atomic mass is 9.85. The number of rotatable bonds is 26. The molecule has 0 radical (unpaired) electrons. The standard InChI is InChI=1S/C33H62NO12P/c1-3-5-7-9-11-12-13-15-16-18-20-24(35)22-27(37)34-25(26(36)21-19-17-14-10-8-6-4-2)23-45-47(43,44)46-33-31(41)29(39)28(38)30(40)32(33)42/h8,10,19,21,24-26,28-33,35-36,38-42H,3-7,9,11-18,20,22-23H2,1-2H3,(H,34,37)(H,43,44)/b10-8+,21-19+. The number of hydrogen-bond donors (Lipinski definition) is 9. The smallest absolute Gasteiger partial charge is 0.393 e. The van der Waals surface area contributed by atoms with Crippen LogP contribution < -0.4 is 5.32 Å². The van der Waals surface area contributed by atoms with E-state index < -0.39 is 75.2 Å². The lowest BCUT2D eigenvalue weighted by Crippen LogP contribution is -2.64. The summed E-state index contributed by atoms with van der Waals surface area (Å²) in [6.07, 6.45) is 7.81. The van der Waals surface area contributed by atoms with Gasteiger partial charge in [0.15, 0.2) is 0 Å². The second-order valence-electron chi connectivity index (χ2n) is 12.5. The van der Waals surface area contributed by atoms with Crippen molar-refractivity contribution in [1.29, 1.82) is 0 Å². The summed E-state index contributed by atoms with van der Waals surface area (Å²) in [5, 5.41) is 73.5. The Balaban J connectivity index is 2.70. The van der Waals surface area contributed by atoms with Crippen LogP contribution in [0.2, 0.25) is 0 Å². The van der Waals surface area contributed by atoms with Gasteiger partial charge in [-0.1, -0.05) is 109 Å². The summed E-state index contributed by atoms with van der Waals surface area (Å²) in [7, 11) is -5.12. The maximum atomic E-state index is 12.8. The molecule has 1 rings (SSSR count). The monoisotopic (exact) mass is 695 g/mol. The van der Waals surface area contributed by atoms with Crippen LogP contribution in [0.4, 0.5) is 0 Å². The molecule has 47 heavy (non-hydrogen) atoms. The highest BCUT2D eigenvalue weighted by atomic mass is 31.2. The van der Waals surface area contributed by atoms with Gasteiger partial charge in [-0.25, -0.2) is 4.57 Å². The Morgan fingerprint density at radius 3 is 1.83 bits per heavy atom. The largest absolute Gasteiger partial charge is 0.472 e. The third-order valence-electron chi connectivity index (χ3n) is 8.27. The van der Waals surface area contributed by atoms with Crippen LogP contribution in [0.3, 0.4) is 0 Å². The SMILES string of the molecule is CCC/C=C/CC/C=C/C(O)C(COP(=O)(O)OC1C(O)C(O)C(O)C(O)C1O)NC(=O)CC(O)CCCCCCCCCCCC. The molecular formula is C33H62NO12P. The Kier molecular flexibility index (Phi) is 23.2. The Hall–Kier alpha value is -1.22. The van der Waals surface area contributed by atoms with Gasteiger partial charge in [-0.2, -0.15) is 0 Å². The molecule has 13 nitrogen and oxygen atoms in total. The molecule has 1 fully saturated rings. The van der Waals surface area contributed by atoms with Crippen molar-refractivity contribution in [3.63, 3.8) is 0 Å². The number of carbonyl (C=O) groups excluding carboxylic acids is 1. The Morgan fingerprint density at radius 2 is 1.26 bits per heavy atom. The lowest BCUT2D eigenvalue weighted by Gasteiger charge is -2.41. The maximum absolute atomic E-state index is 12.8. The topological polar surface area (TPSA) is 226 Å². The van der Waals surface area contributed by atoms with E-state index in [9.17, 15) is 50.0 Å². The van der Waals surface area contributed by atoms with Crippen molar-refractivity contribution in [3.05, 3.63) is 24.3 Å². The Labute approximate surface area is 280 Å². The summed E-state index contributed by atoms with van der Waals surface area (Å²) >= 11 is 0. The average molecular weight is 696 g/mol. The van der Waals surface area contributed by atoms with E-state index in [-0.39, 0.29) is 6.42 Å². The highest BCUT2D eigenvalue weighted by molar-refractivity contribution is 7.47. The number of phosphoric ester groups is 1. The highest BCUT2D eigenvalue weighted by Crippen LogP contribution is 2.47. The van der Waals surface area contributed by atoms with Crippen LogP contribution >= 0.6 is 7.82 Å². The van der Waals surface area contributed by atoms with Crippen LogP contribution in [-0.4, -0.2) is 108 Å². The summed E-state index contributed by atoms with van der Waals surface area (Å²) in [5.41, 5.74) is 0. The molecule has 276 valence electrons. The molecule has 1 aliphatic rings. The van der Waals surface area contributed by atoms with E-state index in [1.807, 2.05) is 6.08 Å². The predicted octanol–water partition coefficient (Wildman–Crippen LogP) is 2.91. The minimum atomic E-state index is -5.12. The van der Waals surface area contributed by atoms with E-state index in [4.69, 9.17) is 9.05 Å². The first-order chi connectivity index (χ1) is 22.3. The molecule has 1 amide bonds. The normalized spacial score (nSPS) is 26.8. The summed E-state index contributed by atoms with van der Waals surface area (Å²) < 4.78 is 22.5. The van der Waals surface area contributed by atoms with E-state index in [1.54, 1.807) is 6.08 Å². The first kappa shape index (κ1) is 43.8. The molecule has 0 bridgehead atoms. The van der Waals surface area contributed by atoms with Gasteiger partial charge in [-0.3, -0.25) is 13.8 Å². The number of nitrogens with one attached hydrogen (secondary N) is 1. The van der Waals surface area contributed by atoms with Gasteiger partial charge in [0.25, 0.3) is 0 Å². The molecule has 9 N–H and O–H groups in total. The molecular weight excluding hydrogens is 633 g/mol. The molecule has 1 saturated carbocycles. The van der Waals surface area contributed by atoms with E-state index in [0.717, 1.165) is 44.9 Å². The molecule has 0 spiro atoms. The van der Waals surface area contributed by atoms with Crippen LogP contribution in [0.25, 0.3) is 0 Å². The van der Waals surface area contributed by atoms with E-state index in [2.05, 4.69) is 25.2 Å². The van der Waals surface area contributed by atoms with Gasteiger partial charge in [-0.05, 0) is 25.7 Å². The predicted molar refractivity (Wildman–Crippen MR) is 178 cm³/mol. The van der Waals surface area contributed by atoms with Crippen LogP contribution in [0.5, 0.6) is 0 Å². The second kappa shape index (κ2) is 24.8. The van der Waals surface area contributed by atoms with E-state index in [1.165, 1.54) is 44.6 Å². The number of hydrogen-bond acceptors (Lipinski definition) is 11. The third kappa shape index (κ3) is 18.4.